The Morgan fingerprint density at radius 1 is 1.03 bits per heavy atom. The van der Waals surface area contributed by atoms with E-state index < -0.39 is 53.8 Å². The lowest BCUT2D eigenvalue weighted by atomic mass is 9.93. The maximum atomic E-state index is 12.8. The third-order valence-electron chi connectivity index (χ3n) is 5.56. The van der Waals surface area contributed by atoms with Crippen molar-refractivity contribution in [2.75, 3.05) is 6.61 Å². The number of ether oxygens (including phenoxy) is 3. The zero-order valence-corrected chi connectivity index (χ0v) is 18.4. The van der Waals surface area contributed by atoms with Crippen LogP contribution < -0.4 is 11.2 Å². The van der Waals surface area contributed by atoms with E-state index in [1.807, 2.05) is 0 Å². The summed E-state index contributed by atoms with van der Waals surface area (Å²) < 4.78 is 17.8. The third-order valence-corrected chi connectivity index (χ3v) is 5.56. The van der Waals surface area contributed by atoms with Crippen LogP contribution in [0, 0.1) is 0 Å². The molecular formula is C25H22N2O8. The van der Waals surface area contributed by atoms with Gasteiger partial charge in [0.1, 0.15) is 12.7 Å². The van der Waals surface area contributed by atoms with E-state index in [0.717, 1.165) is 22.9 Å². The fourth-order valence-corrected chi connectivity index (χ4v) is 3.77. The Morgan fingerprint density at radius 3 is 2.20 bits per heavy atom. The molecule has 1 fully saturated rings. The smallest absolute Gasteiger partial charge is 0.338 e. The van der Waals surface area contributed by atoms with Crippen molar-refractivity contribution >= 4 is 11.9 Å². The van der Waals surface area contributed by atoms with Gasteiger partial charge in [0.25, 0.3) is 5.56 Å². The van der Waals surface area contributed by atoms with E-state index in [1.165, 1.54) is 12.1 Å². The van der Waals surface area contributed by atoms with Crippen molar-refractivity contribution in [3.63, 3.8) is 0 Å². The lowest BCUT2D eigenvalue weighted by Crippen LogP contribution is -2.49. The summed E-state index contributed by atoms with van der Waals surface area (Å²) in [5, 5.41) is 11.5. The minimum absolute atomic E-state index is 0.212. The van der Waals surface area contributed by atoms with Gasteiger partial charge >= 0.3 is 17.6 Å². The number of hydrogen-bond acceptors (Lipinski definition) is 8. The maximum absolute atomic E-state index is 12.8. The molecule has 180 valence electrons. The van der Waals surface area contributed by atoms with Gasteiger partial charge in [-0.15, -0.1) is 0 Å². The second-order valence-corrected chi connectivity index (χ2v) is 7.79. The molecule has 4 rings (SSSR count). The molecule has 0 unspecified atom stereocenters. The van der Waals surface area contributed by atoms with E-state index in [2.05, 4.69) is 11.6 Å². The van der Waals surface area contributed by atoms with Gasteiger partial charge in [0.05, 0.1) is 11.1 Å². The van der Waals surface area contributed by atoms with Crippen LogP contribution in [0.1, 0.15) is 26.9 Å². The third kappa shape index (κ3) is 4.84. The number of nitrogens with one attached hydrogen (secondary N) is 1. The SMILES string of the molecule is C=C[C@@]1(O)[C@H](OC(=O)c2ccccc2)[C@@H](COC(=O)c2ccccc2)O[C@H]1n1ccc(=O)[nH]c1=O. The van der Waals surface area contributed by atoms with Gasteiger partial charge < -0.3 is 19.3 Å². The summed E-state index contributed by atoms with van der Waals surface area (Å²) in [5.41, 5.74) is -3.12. The molecule has 0 bridgehead atoms. The molecule has 0 radical (unpaired) electrons. The summed E-state index contributed by atoms with van der Waals surface area (Å²) >= 11 is 0. The molecule has 10 heteroatoms. The van der Waals surface area contributed by atoms with Gasteiger partial charge in [-0.1, -0.05) is 49.1 Å². The zero-order valence-electron chi connectivity index (χ0n) is 18.4. The Kier molecular flexibility index (Phi) is 6.76. The molecule has 4 atom stereocenters. The van der Waals surface area contributed by atoms with Gasteiger partial charge in [0.15, 0.2) is 17.9 Å². The largest absolute Gasteiger partial charge is 0.459 e. The summed E-state index contributed by atoms with van der Waals surface area (Å²) in [6, 6.07) is 17.3. The summed E-state index contributed by atoms with van der Waals surface area (Å²) in [6.07, 6.45) is -1.83. The van der Waals surface area contributed by atoms with E-state index in [-0.39, 0.29) is 11.1 Å². The summed E-state index contributed by atoms with van der Waals surface area (Å²) in [6.45, 7) is 3.22. The first kappa shape index (κ1) is 23.9. The number of benzene rings is 2. The minimum atomic E-state index is -2.11. The van der Waals surface area contributed by atoms with Gasteiger partial charge in [-0.3, -0.25) is 14.3 Å². The highest BCUT2D eigenvalue weighted by Crippen LogP contribution is 2.41. The Labute approximate surface area is 199 Å². The molecule has 0 spiro atoms. The molecule has 1 aliphatic rings. The summed E-state index contributed by atoms with van der Waals surface area (Å²) in [7, 11) is 0. The lowest BCUT2D eigenvalue weighted by Gasteiger charge is -2.30. The van der Waals surface area contributed by atoms with Crippen molar-refractivity contribution in [2.45, 2.75) is 24.0 Å². The van der Waals surface area contributed by atoms with Crippen LogP contribution in [0.4, 0.5) is 0 Å². The molecular weight excluding hydrogens is 456 g/mol. The van der Waals surface area contributed by atoms with E-state index >= 15 is 0 Å². The van der Waals surface area contributed by atoms with Crippen LogP contribution in [0.3, 0.4) is 0 Å². The summed E-state index contributed by atoms with van der Waals surface area (Å²) in [5.74, 6) is -1.43. The molecule has 35 heavy (non-hydrogen) atoms. The first-order valence-corrected chi connectivity index (χ1v) is 10.6. The van der Waals surface area contributed by atoms with E-state index in [1.54, 1.807) is 48.5 Å². The summed E-state index contributed by atoms with van der Waals surface area (Å²) in [4.78, 5) is 51.3. The Balaban J connectivity index is 1.66. The van der Waals surface area contributed by atoms with Crippen LogP contribution in [0.15, 0.2) is 95.2 Å². The van der Waals surface area contributed by atoms with Crippen molar-refractivity contribution in [2.24, 2.45) is 0 Å². The number of hydrogen-bond donors (Lipinski definition) is 2. The minimum Gasteiger partial charge on any atom is -0.459 e. The normalized spacial score (nSPS) is 23.4. The molecule has 0 aliphatic carbocycles. The van der Waals surface area contributed by atoms with Gasteiger partial charge in [-0.05, 0) is 24.3 Å². The number of aliphatic hydroxyl groups is 1. The monoisotopic (exact) mass is 478 g/mol. The van der Waals surface area contributed by atoms with Gasteiger partial charge in [0, 0.05) is 12.3 Å². The molecule has 0 saturated carbocycles. The Hall–Kier alpha value is -4.28. The number of carbonyl (C=O) groups is 2. The molecule has 2 N–H and O–H groups in total. The molecule has 2 aromatic carbocycles. The van der Waals surface area contributed by atoms with Crippen LogP contribution in [0.5, 0.6) is 0 Å². The number of carbonyl (C=O) groups excluding carboxylic acids is 2. The topological polar surface area (TPSA) is 137 Å². The van der Waals surface area contributed by atoms with Crippen molar-refractivity contribution in [1.29, 1.82) is 0 Å². The number of rotatable bonds is 7. The highest BCUT2D eigenvalue weighted by Gasteiger charge is 2.58. The van der Waals surface area contributed by atoms with Crippen LogP contribution in [-0.4, -0.2) is 51.0 Å². The fraction of sp³-hybridized carbons (Fsp3) is 0.200. The molecule has 10 nitrogen and oxygen atoms in total. The molecule has 2 heterocycles. The van der Waals surface area contributed by atoms with Crippen molar-refractivity contribution in [3.8, 4) is 0 Å². The average molecular weight is 478 g/mol. The maximum Gasteiger partial charge on any atom is 0.338 e. The van der Waals surface area contributed by atoms with Crippen LogP contribution >= 0.6 is 0 Å². The molecule has 1 aliphatic heterocycles. The number of aromatic amines is 1. The van der Waals surface area contributed by atoms with Gasteiger partial charge in [-0.25, -0.2) is 14.4 Å². The molecule has 3 aromatic rings. The second kappa shape index (κ2) is 9.92. The highest BCUT2D eigenvalue weighted by molar-refractivity contribution is 5.90. The predicted octanol–water partition coefficient (Wildman–Crippen LogP) is 1.43. The Morgan fingerprint density at radius 2 is 1.63 bits per heavy atom. The average Bonchev–Trinajstić information content (AvgIpc) is 3.15. The predicted molar refractivity (Wildman–Crippen MR) is 123 cm³/mol. The second-order valence-electron chi connectivity index (χ2n) is 7.79. The quantitative estimate of drug-likeness (QED) is 0.384. The zero-order chi connectivity index (χ0) is 25.0. The number of esters is 2. The lowest BCUT2D eigenvalue weighted by molar-refractivity contribution is -0.0835. The van der Waals surface area contributed by atoms with Crippen LogP contribution in [-0.2, 0) is 14.2 Å². The van der Waals surface area contributed by atoms with Crippen LogP contribution in [0.2, 0.25) is 0 Å². The van der Waals surface area contributed by atoms with E-state index in [9.17, 15) is 24.3 Å². The van der Waals surface area contributed by atoms with Crippen molar-refractivity contribution in [3.05, 3.63) is 118 Å². The van der Waals surface area contributed by atoms with E-state index in [0.29, 0.717) is 0 Å². The van der Waals surface area contributed by atoms with E-state index in [4.69, 9.17) is 14.2 Å². The Bertz CT molecular complexity index is 1330. The van der Waals surface area contributed by atoms with Crippen molar-refractivity contribution in [1.82, 2.24) is 9.55 Å². The molecule has 1 saturated heterocycles. The number of nitrogens with zero attached hydrogens (tertiary/aromatic N) is 1. The standard InChI is InChI=1S/C25H22N2O8/c1-2-25(32)20(35-22(30)17-11-7-4-8-12-17)18(15-33-21(29)16-9-5-3-6-10-16)34-23(25)27-14-13-19(28)26-24(27)31/h2-14,18,20,23,32H,1,15H2,(H,26,28,31)/t18-,20-,23-,25-/m1/s1. The molecule has 0 amide bonds. The number of aromatic nitrogens is 2. The number of H-pyrrole nitrogens is 1. The van der Waals surface area contributed by atoms with Gasteiger partial charge in [0.2, 0.25) is 0 Å². The first-order valence-electron chi connectivity index (χ1n) is 10.6. The van der Waals surface area contributed by atoms with Crippen LogP contribution in [0.25, 0.3) is 0 Å². The fourth-order valence-electron chi connectivity index (χ4n) is 3.77. The molecule has 1 aromatic heterocycles. The van der Waals surface area contributed by atoms with Gasteiger partial charge in [-0.2, -0.15) is 0 Å². The van der Waals surface area contributed by atoms with Crippen molar-refractivity contribution < 1.29 is 28.9 Å². The first-order chi connectivity index (χ1) is 16.8. The highest BCUT2D eigenvalue weighted by atomic mass is 16.6.